The monoisotopic (exact) mass is 318 g/mol. The van der Waals surface area contributed by atoms with Gasteiger partial charge >= 0.3 is 0 Å². The van der Waals surface area contributed by atoms with E-state index in [9.17, 15) is 0 Å². The highest BCUT2D eigenvalue weighted by molar-refractivity contribution is 9.10. The van der Waals surface area contributed by atoms with Crippen LogP contribution in [0.5, 0.6) is 5.88 Å². The number of nitrogens with zero attached hydrogens (tertiary/aromatic N) is 2. The van der Waals surface area contributed by atoms with Crippen molar-refractivity contribution in [2.45, 2.75) is 25.3 Å². The Balaban J connectivity index is 1.92. The quantitative estimate of drug-likeness (QED) is 0.854. The number of halogens is 2. The molecule has 0 bridgehead atoms. The van der Waals surface area contributed by atoms with Crippen molar-refractivity contribution >= 4 is 27.5 Å². The van der Waals surface area contributed by atoms with Crippen LogP contribution in [0.1, 0.15) is 19.3 Å². The number of rotatable bonds is 3. The summed E-state index contributed by atoms with van der Waals surface area (Å²) in [5.74, 6) is 0.619. The summed E-state index contributed by atoms with van der Waals surface area (Å²) in [5, 5.41) is 0.610. The van der Waals surface area contributed by atoms with Gasteiger partial charge in [0.25, 0.3) is 0 Å². The lowest BCUT2D eigenvalue weighted by atomic mass is 10.0. The predicted molar refractivity (Wildman–Crippen MR) is 72.7 cm³/mol. The zero-order valence-corrected chi connectivity index (χ0v) is 12.2. The maximum atomic E-state index is 5.83. The maximum Gasteiger partial charge on any atom is 0.228 e. The van der Waals surface area contributed by atoms with Crippen molar-refractivity contribution in [2.24, 2.45) is 0 Å². The number of likely N-dealkylation sites (N-methyl/N-ethyl adjacent to an activating group) is 1. The van der Waals surface area contributed by atoms with Gasteiger partial charge in [-0.3, -0.25) is 0 Å². The minimum absolute atomic E-state index is 0.494. The highest BCUT2D eigenvalue weighted by atomic mass is 79.9. The third-order valence-corrected chi connectivity index (χ3v) is 3.88. The second-order valence-corrected chi connectivity index (χ2v) is 5.67. The number of ether oxygens (including phenoxy) is 1. The molecule has 0 radical (unpaired) electrons. The normalized spacial score (nSPS) is 21.5. The van der Waals surface area contributed by atoms with Gasteiger partial charge < -0.3 is 9.64 Å². The number of likely N-dealkylation sites (tertiary alicyclic amines) is 1. The first-order valence-electron chi connectivity index (χ1n) is 5.81. The van der Waals surface area contributed by atoms with Crippen LogP contribution in [-0.2, 0) is 0 Å². The lowest BCUT2D eigenvalue weighted by molar-refractivity contribution is 0.122. The molecule has 1 fully saturated rings. The van der Waals surface area contributed by atoms with Gasteiger partial charge in [0.05, 0.1) is 9.50 Å². The lowest BCUT2D eigenvalue weighted by Crippen LogP contribution is -2.40. The van der Waals surface area contributed by atoms with E-state index in [0.29, 0.717) is 23.6 Å². The first-order valence-corrected chi connectivity index (χ1v) is 6.98. The van der Waals surface area contributed by atoms with Crippen LogP contribution < -0.4 is 4.74 Å². The molecule has 1 aromatic heterocycles. The molecule has 1 saturated heterocycles. The second kappa shape index (κ2) is 6.03. The van der Waals surface area contributed by atoms with Crippen LogP contribution in [0.15, 0.2) is 16.7 Å². The van der Waals surface area contributed by atoms with Crippen LogP contribution in [0, 0.1) is 0 Å². The fraction of sp³-hybridized carbons (Fsp3) is 0.583. The van der Waals surface area contributed by atoms with E-state index in [0.717, 1.165) is 11.0 Å². The average molecular weight is 320 g/mol. The Bertz CT molecular complexity index is 389. The van der Waals surface area contributed by atoms with Crippen molar-refractivity contribution in [2.75, 3.05) is 20.2 Å². The number of pyridine rings is 1. The zero-order valence-electron chi connectivity index (χ0n) is 9.83. The fourth-order valence-electron chi connectivity index (χ4n) is 2.04. The van der Waals surface area contributed by atoms with Crippen molar-refractivity contribution in [1.29, 1.82) is 0 Å². The van der Waals surface area contributed by atoms with Gasteiger partial charge in [0, 0.05) is 12.2 Å². The standard InChI is InChI=1S/C12H16BrClN2O/c1-16-5-3-2-4-10(16)8-17-12-11(13)6-9(14)7-15-12/h6-7,10H,2-5,8H2,1H3. The van der Waals surface area contributed by atoms with Crippen LogP contribution in [0.25, 0.3) is 0 Å². The summed E-state index contributed by atoms with van der Waals surface area (Å²) >= 11 is 9.23. The van der Waals surface area contributed by atoms with Crippen molar-refractivity contribution in [3.8, 4) is 5.88 Å². The van der Waals surface area contributed by atoms with Crippen LogP contribution in [-0.4, -0.2) is 36.1 Å². The van der Waals surface area contributed by atoms with Crippen molar-refractivity contribution in [1.82, 2.24) is 9.88 Å². The van der Waals surface area contributed by atoms with Crippen LogP contribution in [0.3, 0.4) is 0 Å². The van der Waals surface area contributed by atoms with Gasteiger partial charge in [-0.15, -0.1) is 0 Å². The Morgan fingerprint density at radius 1 is 1.59 bits per heavy atom. The summed E-state index contributed by atoms with van der Waals surface area (Å²) in [4.78, 5) is 6.52. The van der Waals surface area contributed by atoms with E-state index in [1.807, 2.05) is 0 Å². The van der Waals surface area contributed by atoms with Crippen LogP contribution in [0.4, 0.5) is 0 Å². The first kappa shape index (κ1) is 13.1. The molecule has 3 nitrogen and oxygen atoms in total. The smallest absolute Gasteiger partial charge is 0.228 e. The Labute approximate surface area is 115 Å². The molecule has 2 rings (SSSR count). The largest absolute Gasteiger partial charge is 0.475 e. The van der Waals surface area contributed by atoms with Crippen LogP contribution in [0.2, 0.25) is 5.02 Å². The van der Waals surface area contributed by atoms with E-state index in [4.69, 9.17) is 16.3 Å². The highest BCUT2D eigenvalue weighted by Gasteiger charge is 2.19. The molecule has 0 amide bonds. The average Bonchev–Trinajstić information content (AvgIpc) is 2.30. The topological polar surface area (TPSA) is 25.4 Å². The second-order valence-electron chi connectivity index (χ2n) is 4.38. The maximum absolute atomic E-state index is 5.83. The summed E-state index contributed by atoms with van der Waals surface area (Å²) in [6.07, 6.45) is 5.37. The summed E-state index contributed by atoms with van der Waals surface area (Å²) in [7, 11) is 2.15. The molecule has 17 heavy (non-hydrogen) atoms. The molecule has 1 aliphatic heterocycles. The molecule has 0 aromatic carbocycles. The van der Waals surface area contributed by atoms with Gasteiger partial charge in [0.2, 0.25) is 5.88 Å². The van der Waals surface area contributed by atoms with E-state index in [-0.39, 0.29) is 0 Å². The van der Waals surface area contributed by atoms with Gasteiger partial charge in [-0.25, -0.2) is 4.98 Å². The Morgan fingerprint density at radius 2 is 2.41 bits per heavy atom. The van der Waals surface area contributed by atoms with Crippen molar-refractivity contribution < 1.29 is 4.74 Å². The molecule has 1 unspecified atom stereocenters. The van der Waals surface area contributed by atoms with E-state index in [1.54, 1.807) is 12.3 Å². The molecule has 1 aromatic rings. The molecule has 94 valence electrons. The molecular weight excluding hydrogens is 304 g/mol. The van der Waals surface area contributed by atoms with E-state index >= 15 is 0 Å². The van der Waals surface area contributed by atoms with Gasteiger partial charge in [-0.05, 0) is 48.4 Å². The molecule has 0 N–H and O–H groups in total. The molecule has 0 saturated carbocycles. The van der Waals surface area contributed by atoms with Gasteiger partial charge in [-0.2, -0.15) is 0 Å². The van der Waals surface area contributed by atoms with E-state index in [2.05, 4.69) is 32.9 Å². The SMILES string of the molecule is CN1CCCCC1COc1ncc(Cl)cc1Br. The molecule has 5 heteroatoms. The Hall–Kier alpha value is -0.320. The summed E-state index contributed by atoms with van der Waals surface area (Å²) < 4.78 is 6.55. The molecular formula is C12H16BrClN2O. The van der Waals surface area contributed by atoms with Gasteiger partial charge in [0.1, 0.15) is 6.61 Å². The third kappa shape index (κ3) is 3.57. The summed E-state index contributed by atoms with van der Waals surface area (Å²) in [6.45, 7) is 1.84. The number of piperidine rings is 1. The molecule has 0 aliphatic carbocycles. The molecule has 1 aliphatic rings. The third-order valence-electron chi connectivity index (χ3n) is 3.11. The van der Waals surface area contributed by atoms with Gasteiger partial charge in [-0.1, -0.05) is 18.0 Å². The lowest BCUT2D eigenvalue weighted by Gasteiger charge is -2.32. The fourth-order valence-corrected chi connectivity index (χ4v) is 2.79. The molecule has 2 heterocycles. The minimum atomic E-state index is 0.494. The van der Waals surface area contributed by atoms with Crippen molar-refractivity contribution in [3.05, 3.63) is 21.8 Å². The van der Waals surface area contributed by atoms with E-state index < -0.39 is 0 Å². The summed E-state index contributed by atoms with van der Waals surface area (Å²) in [5.41, 5.74) is 0. The highest BCUT2D eigenvalue weighted by Crippen LogP contribution is 2.26. The Kier molecular flexibility index (Phi) is 4.65. The minimum Gasteiger partial charge on any atom is -0.475 e. The van der Waals surface area contributed by atoms with Crippen LogP contribution >= 0.6 is 27.5 Å². The van der Waals surface area contributed by atoms with E-state index in [1.165, 1.54) is 19.3 Å². The molecule has 1 atom stereocenters. The predicted octanol–water partition coefficient (Wildman–Crippen LogP) is 3.36. The Morgan fingerprint density at radius 3 is 3.12 bits per heavy atom. The first-order chi connectivity index (χ1) is 8.16. The van der Waals surface area contributed by atoms with Crippen molar-refractivity contribution in [3.63, 3.8) is 0 Å². The summed E-state index contributed by atoms with van der Waals surface area (Å²) in [6, 6.07) is 2.29. The number of aromatic nitrogens is 1. The number of hydrogen-bond donors (Lipinski definition) is 0. The molecule has 0 spiro atoms. The zero-order chi connectivity index (χ0) is 12.3. The van der Waals surface area contributed by atoms with Gasteiger partial charge in [0.15, 0.2) is 0 Å². The number of hydrogen-bond acceptors (Lipinski definition) is 3.